The number of aromatic amines is 1. The Hall–Kier alpha value is -3.43. The molecule has 9 heteroatoms. The van der Waals surface area contributed by atoms with Gasteiger partial charge in [0.05, 0.1) is 6.61 Å². The number of carboxylic acid groups (broad SMARTS) is 1. The zero-order valence-corrected chi connectivity index (χ0v) is 17.5. The van der Waals surface area contributed by atoms with Gasteiger partial charge in [-0.3, -0.25) is 9.59 Å². The molecule has 3 rings (SSSR count). The molecule has 3 aromatic rings. The molecule has 0 amide bonds. The Bertz CT molecular complexity index is 1160. The quantitative estimate of drug-likeness (QED) is 0.360. The van der Waals surface area contributed by atoms with Crippen molar-refractivity contribution in [1.82, 2.24) is 9.97 Å². The lowest BCUT2D eigenvalue weighted by Crippen LogP contribution is -2.32. The number of rotatable bonds is 8. The zero-order chi connectivity index (χ0) is 22.4. The highest BCUT2D eigenvalue weighted by atomic mass is 32.2. The second kappa shape index (κ2) is 10.1. The van der Waals surface area contributed by atoms with Crippen LogP contribution < -0.4 is 11.3 Å². The second-order valence-electron chi connectivity index (χ2n) is 6.63. The van der Waals surface area contributed by atoms with Crippen LogP contribution in [0.1, 0.15) is 22.8 Å². The van der Waals surface area contributed by atoms with Crippen LogP contribution in [-0.4, -0.2) is 39.7 Å². The fourth-order valence-corrected chi connectivity index (χ4v) is 3.66. The standard InChI is InChI=1S/C22H21N3O5S/c1-2-30-21(29)17-12-24-22(25-19(17)26)31-16-8-4-7-15(11-16)14-6-3-5-13(9-14)10-18(23)20(27)28/h3-9,11-12,18H,2,10,23H2,1H3,(H,27,28)(H,24,25,26). The second-order valence-corrected chi connectivity index (χ2v) is 7.69. The lowest BCUT2D eigenvalue weighted by atomic mass is 10.00. The smallest absolute Gasteiger partial charge is 0.345 e. The zero-order valence-electron chi connectivity index (χ0n) is 16.7. The Balaban J connectivity index is 1.80. The van der Waals surface area contributed by atoms with Gasteiger partial charge in [-0.2, -0.15) is 0 Å². The molecule has 0 spiro atoms. The summed E-state index contributed by atoms with van der Waals surface area (Å²) in [7, 11) is 0. The van der Waals surface area contributed by atoms with E-state index in [1.165, 1.54) is 18.0 Å². The first-order chi connectivity index (χ1) is 14.9. The van der Waals surface area contributed by atoms with Crippen molar-refractivity contribution in [2.75, 3.05) is 6.61 Å². The average molecular weight is 439 g/mol. The highest BCUT2D eigenvalue weighted by Gasteiger charge is 2.14. The molecule has 0 aliphatic heterocycles. The van der Waals surface area contributed by atoms with Crippen LogP contribution in [-0.2, 0) is 16.0 Å². The van der Waals surface area contributed by atoms with E-state index in [9.17, 15) is 14.4 Å². The number of aliphatic carboxylic acids is 1. The molecule has 1 unspecified atom stereocenters. The Morgan fingerprint density at radius 3 is 2.58 bits per heavy atom. The summed E-state index contributed by atoms with van der Waals surface area (Å²) in [6.45, 7) is 1.83. The molecule has 31 heavy (non-hydrogen) atoms. The van der Waals surface area contributed by atoms with E-state index in [4.69, 9.17) is 15.6 Å². The van der Waals surface area contributed by atoms with Gasteiger partial charge in [0.15, 0.2) is 5.16 Å². The van der Waals surface area contributed by atoms with Gasteiger partial charge in [-0.1, -0.05) is 48.2 Å². The van der Waals surface area contributed by atoms with Gasteiger partial charge in [0.1, 0.15) is 11.6 Å². The molecule has 2 aromatic carbocycles. The van der Waals surface area contributed by atoms with E-state index in [0.717, 1.165) is 21.6 Å². The maximum absolute atomic E-state index is 12.1. The molecule has 1 heterocycles. The van der Waals surface area contributed by atoms with Crippen molar-refractivity contribution in [2.45, 2.75) is 29.4 Å². The number of carbonyl (C=O) groups is 2. The summed E-state index contributed by atoms with van der Waals surface area (Å²) in [6, 6.07) is 14.2. The van der Waals surface area contributed by atoms with Crippen LogP contribution in [0.25, 0.3) is 11.1 Å². The predicted octanol–water partition coefficient (Wildman–Crippen LogP) is 2.72. The number of nitrogens with one attached hydrogen (secondary N) is 1. The molecular formula is C22H21N3O5S. The SMILES string of the molecule is CCOC(=O)c1cnc(Sc2cccc(-c3cccc(CC(N)C(=O)O)c3)c2)[nH]c1=O. The van der Waals surface area contributed by atoms with E-state index in [1.54, 1.807) is 6.92 Å². The van der Waals surface area contributed by atoms with Crippen LogP contribution in [0.3, 0.4) is 0 Å². The number of carboxylic acids is 1. The highest BCUT2D eigenvalue weighted by Crippen LogP contribution is 2.29. The monoisotopic (exact) mass is 439 g/mol. The number of H-pyrrole nitrogens is 1. The number of nitrogens with two attached hydrogens (primary N) is 1. The van der Waals surface area contributed by atoms with Crippen LogP contribution in [0.5, 0.6) is 0 Å². The summed E-state index contributed by atoms with van der Waals surface area (Å²) in [5, 5.41) is 9.36. The maximum Gasteiger partial charge on any atom is 0.345 e. The molecule has 0 saturated heterocycles. The third-order valence-electron chi connectivity index (χ3n) is 4.35. The molecule has 160 valence electrons. The molecule has 0 bridgehead atoms. The predicted molar refractivity (Wildman–Crippen MR) is 116 cm³/mol. The van der Waals surface area contributed by atoms with Gasteiger partial charge in [0.25, 0.3) is 5.56 Å². The Kier molecular flexibility index (Phi) is 7.22. The van der Waals surface area contributed by atoms with E-state index in [1.807, 2.05) is 48.5 Å². The summed E-state index contributed by atoms with van der Waals surface area (Å²) in [5.74, 6) is -1.75. The van der Waals surface area contributed by atoms with Gasteiger partial charge in [0, 0.05) is 11.1 Å². The van der Waals surface area contributed by atoms with Crippen molar-refractivity contribution in [1.29, 1.82) is 0 Å². The third kappa shape index (κ3) is 5.80. The minimum absolute atomic E-state index is 0.142. The van der Waals surface area contributed by atoms with Crippen molar-refractivity contribution < 1.29 is 19.4 Å². The highest BCUT2D eigenvalue weighted by molar-refractivity contribution is 7.99. The van der Waals surface area contributed by atoms with E-state index >= 15 is 0 Å². The minimum atomic E-state index is -1.04. The lowest BCUT2D eigenvalue weighted by Gasteiger charge is -2.10. The maximum atomic E-state index is 12.1. The number of benzene rings is 2. The van der Waals surface area contributed by atoms with E-state index < -0.39 is 23.5 Å². The Labute approximate surface area is 182 Å². The first-order valence-electron chi connectivity index (χ1n) is 9.49. The number of ether oxygens (including phenoxy) is 1. The van der Waals surface area contributed by atoms with E-state index in [-0.39, 0.29) is 18.6 Å². The summed E-state index contributed by atoms with van der Waals surface area (Å²) in [4.78, 5) is 42.5. The van der Waals surface area contributed by atoms with Gasteiger partial charge < -0.3 is 20.6 Å². The van der Waals surface area contributed by atoms with Crippen LogP contribution in [0, 0.1) is 0 Å². The molecule has 8 nitrogen and oxygen atoms in total. The van der Waals surface area contributed by atoms with Crippen LogP contribution in [0.2, 0.25) is 0 Å². The minimum Gasteiger partial charge on any atom is -0.480 e. The lowest BCUT2D eigenvalue weighted by molar-refractivity contribution is -0.138. The van der Waals surface area contributed by atoms with Crippen molar-refractivity contribution in [3.63, 3.8) is 0 Å². The largest absolute Gasteiger partial charge is 0.480 e. The van der Waals surface area contributed by atoms with Crippen LogP contribution in [0.4, 0.5) is 0 Å². The van der Waals surface area contributed by atoms with Crippen molar-refractivity contribution in [3.8, 4) is 11.1 Å². The molecule has 4 N–H and O–H groups in total. The Morgan fingerprint density at radius 1 is 1.19 bits per heavy atom. The molecule has 0 fully saturated rings. The average Bonchev–Trinajstić information content (AvgIpc) is 2.74. The first kappa shape index (κ1) is 22.3. The topological polar surface area (TPSA) is 135 Å². The molecule has 1 atom stereocenters. The number of aromatic nitrogens is 2. The fraction of sp³-hybridized carbons (Fsp3) is 0.182. The summed E-state index contributed by atoms with van der Waals surface area (Å²) in [5.41, 5.74) is 7.59. The van der Waals surface area contributed by atoms with E-state index in [0.29, 0.717) is 5.16 Å². The number of nitrogens with zero attached hydrogens (tertiary/aromatic N) is 1. The summed E-state index contributed by atoms with van der Waals surface area (Å²) >= 11 is 1.25. The van der Waals surface area contributed by atoms with Gasteiger partial charge in [-0.25, -0.2) is 9.78 Å². The normalized spacial score (nSPS) is 11.7. The number of esters is 1. The Morgan fingerprint density at radius 2 is 1.90 bits per heavy atom. The van der Waals surface area contributed by atoms with Gasteiger partial charge in [-0.15, -0.1) is 0 Å². The van der Waals surface area contributed by atoms with Gasteiger partial charge in [-0.05, 0) is 42.2 Å². The number of hydrogen-bond donors (Lipinski definition) is 3. The van der Waals surface area contributed by atoms with Gasteiger partial charge in [0.2, 0.25) is 0 Å². The molecule has 0 radical (unpaired) electrons. The number of carbonyl (C=O) groups excluding carboxylic acids is 1. The van der Waals surface area contributed by atoms with E-state index in [2.05, 4.69) is 9.97 Å². The van der Waals surface area contributed by atoms with Gasteiger partial charge >= 0.3 is 11.9 Å². The molecule has 0 aliphatic rings. The summed E-state index contributed by atoms with van der Waals surface area (Å²) < 4.78 is 4.83. The third-order valence-corrected chi connectivity index (χ3v) is 5.24. The molecule has 0 saturated carbocycles. The van der Waals surface area contributed by atoms with Crippen molar-refractivity contribution in [2.24, 2.45) is 5.73 Å². The molecule has 1 aromatic heterocycles. The summed E-state index contributed by atoms with van der Waals surface area (Å²) in [6.07, 6.45) is 1.44. The fourth-order valence-electron chi connectivity index (χ4n) is 2.85. The van der Waals surface area contributed by atoms with Crippen molar-refractivity contribution in [3.05, 3.63) is 76.2 Å². The van der Waals surface area contributed by atoms with Crippen LogP contribution in [0.15, 0.2) is 69.6 Å². The molecule has 0 aliphatic carbocycles. The molecular weight excluding hydrogens is 418 g/mol. The first-order valence-corrected chi connectivity index (χ1v) is 10.3. The van der Waals surface area contributed by atoms with Crippen molar-refractivity contribution >= 4 is 23.7 Å². The van der Waals surface area contributed by atoms with Crippen LogP contribution >= 0.6 is 11.8 Å². The number of hydrogen-bond acceptors (Lipinski definition) is 7.